The van der Waals surface area contributed by atoms with E-state index in [1.54, 1.807) is 43.3 Å². The van der Waals surface area contributed by atoms with Crippen LogP contribution in [0.2, 0.25) is 0 Å². The molecule has 3 heterocycles. The summed E-state index contributed by atoms with van der Waals surface area (Å²) >= 11 is 1.17. The highest BCUT2D eigenvalue weighted by Gasteiger charge is 2.37. The first-order valence-corrected chi connectivity index (χ1v) is 13.0. The van der Waals surface area contributed by atoms with Crippen LogP contribution in [0.25, 0.3) is 11.5 Å². The van der Waals surface area contributed by atoms with Crippen LogP contribution >= 0.6 is 11.8 Å². The summed E-state index contributed by atoms with van der Waals surface area (Å²) in [7, 11) is 0. The summed E-state index contributed by atoms with van der Waals surface area (Å²) in [5.74, 6) is 0.0627. The van der Waals surface area contributed by atoms with Crippen molar-refractivity contribution in [2.24, 2.45) is 0 Å². The minimum Gasteiger partial charge on any atom is -0.480 e. The lowest BCUT2D eigenvalue weighted by Gasteiger charge is -2.29. The summed E-state index contributed by atoms with van der Waals surface area (Å²) in [4.78, 5) is 35.8. The van der Waals surface area contributed by atoms with Gasteiger partial charge in [-0.3, -0.25) is 9.59 Å². The second-order valence-corrected chi connectivity index (χ2v) is 10.0. The third-order valence-electron chi connectivity index (χ3n) is 6.04. The number of hydrogen-bond donors (Lipinski definition) is 4. The van der Waals surface area contributed by atoms with Crippen molar-refractivity contribution in [2.45, 2.75) is 37.8 Å². The molecule has 4 N–H and O–H groups in total. The maximum atomic E-state index is 13.4. The van der Waals surface area contributed by atoms with Crippen LogP contribution < -0.4 is 25.4 Å². The van der Waals surface area contributed by atoms with Gasteiger partial charge in [0, 0.05) is 42.5 Å². The molecule has 0 bridgehead atoms. The number of ether oxygens (including phenoxy) is 2. The Morgan fingerprint density at radius 2 is 1.95 bits per heavy atom. The number of rotatable bonds is 9. The Hall–Kier alpha value is -4.52. The summed E-state index contributed by atoms with van der Waals surface area (Å²) in [5.41, 5.74) is 0.917. The SMILES string of the molecule is CC[C@]1(NC(=O)c2cc(Oc3ccc(-c4nnc(C)o4)cc3)cc(OC3CCNC3=O)c2)NC(C(=O)O)=CS1. The highest BCUT2D eigenvalue weighted by Crippen LogP contribution is 2.34. The van der Waals surface area contributed by atoms with Gasteiger partial charge in [-0.15, -0.1) is 10.2 Å². The number of aliphatic carboxylic acids is 1. The molecule has 0 aliphatic carbocycles. The molecule has 202 valence electrons. The highest BCUT2D eigenvalue weighted by atomic mass is 32.2. The number of hydrogen-bond acceptors (Lipinski definition) is 10. The number of benzene rings is 2. The van der Waals surface area contributed by atoms with Crippen LogP contribution in [0.3, 0.4) is 0 Å². The Morgan fingerprint density at radius 1 is 1.18 bits per heavy atom. The Morgan fingerprint density at radius 3 is 2.56 bits per heavy atom. The molecule has 2 atom stereocenters. The summed E-state index contributed by atoms with van der Waals surface area (Å²) in [6.07, 6.45) is 0.208. The summed E-state index contributed by atoms with van der Waals surface area (Å²) in [5, 5.41) is 27.1. The predicted octanol–water partition coefficient (Wildman–Crippen LogP) is 3.16. The maximum Gasteiger partial charge on any atom is 0.352 e. The molecule has 0 radical (unpaired) electrons. The van der Waals surface area contributed by atoms with Gasteiger partial charge < -0.3 is 34.9 Å². The van der Waals surface area contributed by atoms with Crippen molar-refractivity contribution < 1.29 is 33.4 Å². The van der Waals surface area contributed by atoms with E-state index in [1.165, 1.54) is 23.2 Å². The highest BCUT2D eigenvalue weighted by molar-refractivity contribution is 8.03. The molecule has 5 rings (SSSR count). The van der Waals surface area contributed by atoms with E-state index in [0.717, 1.165) is 0 Å². The number of amides is 2. The Kier molecular flexibility index (Phi) is 7.15. The van der Waals surface area contributed by atoms with E-state index in [0.29, 0.717) is 48.2 Å². The molecule has 2 aliphatic heterocycles. The first kappa shape index (κ1) is 26.1. The average Bonchev–Trinajstić information content (AvgIpc) is 3.65. The summed E-state index contributed by atoms with van der Waals surface area (Å²) in [6, 6.07) is 11.6. The van der Waals surface area contributed by atoms with E-state index in [1.807, 2.05) is 6.92 Å². The first-order valence-electron chi connectivity index (χ1n) is 12.1. The minimum absolute atomic E-state index is 0.00496. The zero-order valence-electron chi connectivity index (χ0n) is 21.0. The third-order valence-corrected chi connectivity index (χ3v) is 7.29. The Labute approximate surface area is 227 Å². The van der Waals surface area contributed by atoms with Crippen LogP contribution in [-0.2, 0) is 9.59 Å². The van der Waals surface area contributed by atoms with Gasteiger partial charge in [0.25, 0.3) is 11.8 Å². The quantitative estimate of drug-likeness (QED) is 0.309. The monoisotopic (exact) mass is 551 g/mol. The molecule has 0 saturated carbocycles. The molecule has 39 heavy (non-hydrogen) atoms. The van der Waals surface area contributed by atoms with Crippen LogP contribution in [0.5, 0.6) is 17.2 Å². The first-order chi connectivity index (χ1) is 18.7. The van der Waals surface area contributed by atoms with Crippen LogP contribution in [-0.4, -0.2) is 50.7 Å². The van der Waals surface area contributed by atoms with Gasteiger partial charge in [0.2, 0.25) is 11.8 Å². The lowest BCUT2D eigenvalue weighted by Crippen LogP contribution is -2.53. The minimum atomic E-state index is -1.12. The van der Waals surface area contributed by atoms with E-state index in [2.05, 4.69) is 26.1 Å². The number of nitrogens with one attached hydrogen (secondary N) is 3. The van der Waals surface area contributed by atoms with Crippen LogP contribution in [0.15, 0.2) is 58.0 Å². The fourth-order valence-electron chi connectivity index (χ4n) is 4.01. The van der Waals surface area contributed by atoms with Crippen molar-refractivity contribution in [3.8, 4) is 28.7 Å². The molecule has 12 nitrogen and oxygen atoms in total. The van der Waals surface area contributed by atoms with Crippen molar-refractivity contribution in [2.75, 3.05) is 6.54 Å². The van der Waals surface area contributed by atoms with E-state index >= 15 is 0 Å². The average molecular weight is 552 g/mol. The largest absolute Gasteiger partial charge is 0.480 e. The molecule has 2 amide bonds. The maximum absolute atomic E-state index is 13.4. The van der Waals surface area contributed by atoms with Crippen molar-refractivity contribution in [1.29, 1.82) is 0 Å². The number of thioether (sulfide) groups is 1. The van der Waals surface area contributed by atoms with Gasteiger partial charge in [0.05, 0.1) is 0 Å². The van der Waals surface area contributed by atoms with Crippen molar-refractivity contribution in [1.82, 2.24) is 26.1 Å². The second kappa shape index (κ2) is 10.7. The van der Waals surface area contributed by atoms with E-state index in [9.17, 15) is 19.5 Å². The molecule has 3 aromatic rings. The molecule has 1 aromatic heterocycles. The fraction of sp³-hybridized carbons (Fsp3) is 0.269. The van der Waals surface area contributed by atoms with E-state index in [4.69, 9.17) is 13.9 Å². The Bertz CT molecular complexity index is 1460. The number of carbonyl (C=O) groups is 3. The Balaban J connectivity index is 1.39. The van der Waals surface area contributed by atoms with Crippen molar-refractivity contribution >= 4 is 29.5 Å². The number of nitrogens with zero attached hydrogens (tertiary/aromatic N) is 2. The second-order valence-electron chi connectivity index (χ2n) is 8.85. The molecular weight excluding hydrogens is 526 g/mol. The number of carboxylic acid groups (broad SMARTS) is 1. The van der Waals surface area contributed by atoms with Crippen LogP contribution in [0, 0.1) is 6.92 Å². The van der Waals surface area contributed by atoms with Crippen molar-refractivity contribution in [3.05, 3.63) is 65.0 Å². The lowest BCUT2D eigenvalue weighted by molar-refractivity contribution is -0.133. The zero-order valence-corrected chi connectivity index (χ0v) is 21.8. The molecular formula is C26H25N5O7S. The topological polar surface area (TPSA) is 165 Å². The van der Waals surface area contributed by atoms with Crippen LogP contribution in [0.1, 0.15) is 36.0 Å². The van der Waals surface area contributed by atoms with Gasteiger partial charge in [-0.1, -0.05) is 18.7 Å². The van der Waals surface area contributed by atoms with E-state index < -0.39 is 23.0 Å². The number of aryl methyl sites for hydroxylation is 1. The van der Waals surface area contributed by atoms with Gasteiger partial charge in [0.1, 0.15) is 22.9 Å². The molecule has 1 saturated heterocycles. The summed E-state index contributed by atoms with van der Waals surface area (Å²) < 4.78 is 17.4. The lowest BCUT2D eigenvalue weighted by atomic mass is 10.1. The molecule has 13 heteroatoms. The molecule has 0 spiro atoms. The predicted molar refractivity (Wildman–Crippen MR) is 140 cm³/mol. The van der Waals surface area contributed by atoms with Crippen LogP contribution in [0.4, 0.5) is 0 Å². The van der Waals surface area contributed by atoms with Gasteiger partial charge in [0.15, 0.2) is 11.1 Å². The number of carbonyl (C=O) groups excluding carboxylic acids is 2. The third kappa shape index (κ3) is 5.82. The standard InChI is InChI=1S/C26H25N5O7S/c1-3-26(28-20(13-39-26)25(34)35)29-22(32)16-10-18(12-19(11-16)38-21-8-9-27-23(21)33)37-17-6-4-15(5-7-17)24-31-30-14(2)36-24/h4-7,10-13,21,28H,3,8-9H2,1-2H3,(H,27,33)(H,29,32)(H,34,35)/t21?,26-/m1/s1. The molecule has 2 aliphatic rings. The van der Waals surface area contributed by atoms with Gasteiger partial charge in [-0.05, 0) is 42.8 Å². The van der Waals surface area contributed by atoms with Gasteiger partial charge in [-0.2, -0.15) is 0 Å². The smallest absolute Gasteiger partial charge is 0.352 e. The number of aromatic nitrogens is 2. The van der Waals surface area contributed by atoms with Gasteiger partial charge in [-0.25, -0.2) is 4.79 Å². The normalized spacial score (nSPS) is 20.1. The van der Waals surface area contributed by atoms with Gasteiger partial charge >= 0.3 is 5.97 Å². The summed E-state index contributed by atoms with van der Waals surface area (Å²) in [6.45, 7) is 4.03. The zero-order chi connectivity index (χ0) is 27.6. The van der Waals surface area contributed by atoms with Crippen molar-refractivity contribution in [3.63, 3.8) is 0 Å². The van der Waals surface area contributed by atoms with E-state index in [-0.39, 0.29) is 22.9 Å². The molecule has 2 aromatic carbocycles. The molecule has 1 fully saturated rings. The number of carboxylic acids is 1. The fourth-order valence-corrected chi connectivity index (χ4v) is 4.97. The molecule has 1 unspecified atom stereocenters.